The van der Waals surface area contributed by atoms with Gasteiger partial charge in [0.25, 0.3) is 5.91 Å². The zero-order valence-electron chi connectivity index (χ0n) is 58.4. The van der Waals surface area contributed by atoms with Gasteiger partial charge in [-0.25, -0.2) is 40.7 Å². The van der Waals surface area contributed by atoms with Crippen molar-refractivity contribution in [3.8, 4) is 0 Å². The molecule has 0 bridgehead atoms. The largest absolute Gasteiger partial charge is 0.480 e. The van der Waals surface area contributed by atoms with Gasteiger partial charge in [0.1, 0.15) is 35.5 Å². The number of likely N-dealkylation sites (tertiary alicyclic amines) is 1. The summed E-state index contributed by atoms with van der Waals surface area (Å²) in [4.78, 5) is 35.8. The Morgan fingerprint density at radius 1 is 0.524 bits per heavy atom. The Morgan fingerprint density at radius 2 is 0.932 bits per heavy atom. The summed E-state index contributed by atoms with van der Waals surface area (Å²) in [5, 5.41) is 18.2. The Hall–Kier alpha value is -8.26. The maximum Gasteiger partial charge on any atom is 0.323 e. The Kier molecular flexibility index (Phi) is 21.5. The normalized spacial score (nSPS) is 21.5. The number of aryl methyl sites for hydroxylation is 2. The van der Waals surface area contributed by atoms with Gasteiger partial charge in [-0.05, 0) is 260 Å². The van der Waals surface area contributed by atoms with Gasteiger partial charge in [-0.15, -0.1) is 37.2 Å². The third-order valence-electron chi connectivity index (χ3n) is 23.4. The van der Waals surface area contributed by atoms with Gasteiger partial charge in [0, 0.05) is 104 Å². The number of halogens is 7. The number of aromatic nitrogens is 5. The molecule has 1 aliphatic heterocycles. The van der Waals surface area contributed by atoms with Crippen molar-refractivity contribution >= 4 is 119 Å². The molecule has 5 saturated carbocycles. The van der Waals surface area contributed by atoms with Crippen LogP contribution in [0.4, 0.5) is 17.6 Å². The number of benzene rings is 6. The molecule has 6 fully saturated rings. The predicted molar refractivity (Wildman–Crippen MR) is 407 cm³/mol. The Bertz CT molecular complexity index is 5160. The first-order valence-electron chi connectivity index (χ1n) is 35.4. The summed E-state index contributed by atoms with van der Waals surface area (Å²) in [5.74, 6) is 1.24. The van der Waals surface area contributed by atoms with E-state index in [0.717, 1.165) is 168 Å². The highest BCUT2D eigenvalue weighted by Gasteiger charge is 2.55. The van der Waals surface area contributed by atoms with Crippen LogP contribution < -0.4 is 10.0 Å². The highest BCUT2D eigenvalue weighted by atomic mass is 35.5. The molecule has 6 aliphatic rings. The van der Waals surface area contributed by atoms with Crippen LogP contribution in [0.25, 0.3) is 60.2 Å². The standard InChI is InChI=1S/C30H30FN3O2.C27H26FN3O.C25H28F2N2O2S.3ClH/c1-17(26-9-7-19-5-3-4-6-27(19)33-26)32-24-13-20-11-22(12-21(20)14-24)30-18(2)34(16-29(35)36)28-10-8-23(31)15-25(28)30;1-3-31-17(2)25(21-12-20(28)9-11-24(21)31)19-13-27(14-19)15-30(16-27)26(32)23-10-8-18-6-4-5-7-22(18)29-23;1-3-29-15(2)25(23-14-20(27)6-9-24(23)29)18-10-16-12-21(13-17(16)11-18)28-32(30,31)22-7-4-19(26)5-8-22;;;/h3-10,15,20-22,24,32H,1,11-14,16H2,2H3,(H,35,36);4-12,19H,3,13-16H2,1-2H3;4-9,14,16-18,21,28H,3,10-13H2,1-2H3;3*1H. The molecule has 6 heterocycles. The van der Waals surface area contributed by atoms with E-state index in [1.807, 2.05) is 89.2 Å². The van der Waals surface area contributed by atoms with Crippen LogP contribution in [0.2, 0.25) is 0 Å². The van der Waals surface area contributed by atoms with Gasteiger partial charge >= 0.3 is 5.97 Å². The maximum atomic E-state index is 14.2. The molecule has 1 spiro atoms. The fourth-order valence-electron chi connectivity index (χ4n) is 19.2. The van der Waals surface area contributed by atoms with E-state index >= 15 is 0 Å². The zero-order chi connectivity index (χ0) is 69.6. The van der Waals surface area contributed by atoms with E-state index < -0.39 is 21.8 Å². The molecule has 540 valence electrons. The molecule has 11 aromatic rings. The van der Waals surface area contributed by atoms with Crippen LogP contribution in [0.5, 0.6) is 0 Å². The average Bonchev–Trinajstić information content (AvgIpc) is 1.72. The molecule has 1 amide bonds. The summed E-state index contributed by atoms with van der Waals surface area (Å²) in [6.45, 7) is 18.0. The number of pyridine rings is 2. The summed E-state index contributed by atoms with van der Waals surface area (Å²) in [6.07, 6.45) is 9.98. The van der Waals surface area contributed by atoms with Crippen LogP contribution in [-0.4, -0.2) is 79.1 Å². The number of sulfonamides is 1. The summed E-state index contributed by atoms with van der Waals surface area (Å²) >= 11 is 0. The van der Waals surface area contributed by atoms with Gasteiger partial charge in [-0.3, -0.25) is 9.59 Å². The fraction of sp³-hybridized carbons (Fsp3) is 0.366. The van der Waals surface area contributed by atoms with Crippen molar-refractivity contribution in [2.24, 2.45) is 29.1 Å². The summed E-state index contributed by atoms with van der Waals surface area (Å²) in [6, 6.07) is 44.0. The molecule has 5 aromatic heterocycles. The number of carboxylic acids is 1. The topological polar surface area (TPSA) is 156 Å². The molecular formula is C82H87Cl3F4N8O5S. The molecule has 3 N–H and O–H groups in total. The lowest BCUT2D eigenvalue weighted by Gasteiger charge is -2.59. The minimum absolute atomic E-state index is 0. The van der Waals surface area contributed by atoms with E-state index in [4.69, 9.17) is 4.98 Å². The second kappa shape index (κ2) is 29.7. The molecule has 0 radical (unpaired) electrons. The summed E-state index contributed by atoms with van der Waals surface area (Å²) < 4.78 is 90.0. The lowest BCUT2D eigenvalue weighted by molar-refractivity contribution is -0.137. The second-order valence-electron chi connectivity index (χ2n) is 29.4. The van der Waals surface area contributed by atoms with Gasteiger partial charge in [-0.2, -0.15) is 0 Å². The number of hydrogen-bond acceptors (Lipinski definition) is 7. The molecule has 21 heteroatoms. The number of nitrogens with zero attached hydrogens (tertiary/aromatic N) is 6. The molecule has 5 aliphatic carbocycles. The lowest BCUT2D eigenvalue weighted by Crippen LogP contribution is -2.63. The molecule has 103 heavy (non-hydrogen) atoms. The van der Waals surface area contributed by atoms with Crippen molar-refractivity contribution in [2.45, 2.75) is 153 Å². The minimum atomic E-state index is -3.66. The number of carboxylic acid groups (broad SMARTS) is 1. The van der Waals surface area contributed by atoms with Crippen molar-refractivity contribution in [1.29, 1.82) is 0 Å². The van der Waals surface area contributed by atoms with Crippen LogP contribution in [0, 0.1) is 73.1 Å². The fourth-order valence-corrected chi connectivity index (χ4v) is 20.5. The number of aliphatic carboxylic acids is 1. The number of para-hydroxylation sites is 2. The van der Waals surface area contributed by atoms with E-state index in [9.17, 15) is 40.7 Å². The summed E-state index contributed by atoms with van der Waals surface area (Å²) in [5.41, 5.74) is 14.4. The zero-order valence-corrected chi connectivity index (χ0v) is 61.6. The first kappa shape index (κ1) is 74.5. The van der Waals surface area contributed by atoms with E-state index in [0.29, 0.717) is 53.2 Å². The first-order chi connectivity index (χ1) is 48.1. The molecular weight excluding hydrogens is 1390 g/mol. The Balaban J connectivity index is 0.000000144. The van der Waals surface area contributed by atoms with Crippen molar-refractivity contribution in [3.63, 3.8) is 0 Å². The Morgan fingerprint density at radius 3 is 1.40 bits per heavy atom. The summed E-state index contributed by atoms with van der Waals surface area (Å²) in [7, 11) is -3.66. The quantitative estimate of drug-likeness (QED) is 0.0909. The van der Waals surface area contributed by atoms with Gasteiger partial charge in [-0.1, -0.05) is 55.1 Å². The van der Waals surface area contributed by atoms with E-state index in [-0.39, 0.29) is 83.5 Å². The number of nitrogens with one attached hydrogen (secondary N) is 2. The first-order valence-corrected chi connectivity index (χ1v) is 36.9. The second-order valence-corrected chi connectivity index (χ2v) is 31.1. The van der Waals surface area contributed by atoms with E-state index in [2.05, 4.69) is 70.6 Å². The molecule has 4 atom stereocenters. The van der Waals surface area contributed by atoms with Crippen molar-refractivity contribution in [3.05, 3.63) is 227 Å². The molecule has 4 unspecified atom stereocenters. The number of amides is 1. The van der Waals surface area contributed by atoms with Gasteiger partial charge in [0.05, 0.1) is 27.3 Å². The average molecular weight is 1480 g/mol. The van der Waals surface area contributed by atoms with Crippen LogP contribution in [0.1, 0.15) is 146 Å². The lowest BCUT2D eigenvalue weighted by atomic mass is 9.56. The minimum Gasteiger partial charge on any atom is -0.480 e. The van der Waals surface area contributed by atoms with E-state index in [1.54, 1.807) is 30.3 Å². The number of rotatable bonds is 14. The molecule has 13 nitrogen and oxygen atoms in total. The third-order valence-corrected chi connectivity index (χ3v) is 25.0. The van der Waals surface area contributed by atoms with Crippen molar-refractivity contribution < 1.29 is 40.7 Å². The number of carbonyl (C=O) groups is 2. The molecule has 17 rings (SSSR count). The van der Waals surface area contributed by atoms with Gasteiger partial charge in [0.15, 0.2) is 0 Å². The molecule has 6 aromatic carbocycles. The van der Waals surface area contributed by atoms with Crippen molar-refractivity contribution in [1.82, 2.24) is 38.6 Å². The van der Waals surface area contributed by atoms with Crippen LogP contribution in [0.3, 0.4) is 0 Å². The van der Waals surface area contributed by atoms with Crippen molar-refractivity contribution in [2.75, 3.05) is 13.1 Å². The number of fused-ring (bicyclic) bond motifs is 7. The number of carbonyl (C=O) groups excluding carboxylic acids is 1. The number of hydrogen-bond donors (Lipinski definition) is 3. The van der Waals surface area contributed by atoms with E-state index in [1.165, 1.54) is 58.9 Å². The van der Waals surface area contributed by atoms with Crippen LogP contribution in [-0.2, 0) is 34.5 Å². The predicted octanol–water partition coefficient (Wildman–Crippen LogP) is 18.7. The molecule has 1 saturated heterocycles. The third kappa shape index (κ3) is 14.2. The van der Waals surface area contributed by atoms with Crippen LogP contribution in [0.15, 0.2) is 163 Å². The Labute approximate surface area is 616 Å². The van der Waals surface area contributed by atoms with Gasteiger partial charge < -0.3 is 29.0 Å². The highest BCUT2D eigenvalue weighted by molar-refractivity contribution is 7.89. The van der Waals surface area contributed by atoms with Crippen LogP contribution >= 0.6 is 37.2 Å². The van der Waals surface area contributed by atoms with Gasteiger partial charge in [0.2, 0.25) is 10.0 Å². The SMILES string of the molecule is C=C(NC1CC2CC(c3c(C)n(CC(=O)O)c4ccc(F)cc34)CC2C1)c1ccc2ccccc2n1.CCn1c(C)c(C2CC3(C2)CN(C(=O)c2ccc4ccccc4n2)C3)c2cc(F)ccc21.CCn1c(C)c(C2CC3CC(NS(=O)(=O)c4ccc(F)cc4)CC3C2)c2cc(F)ccc21.Cl.Cl.Cl. The maximum absolute atomic E-state index is 14.2. The highest BCUT2D eigenvalue weighted by Crippen LogP contribution is 2.59. The monoisotopic (exact) mass is 1480 g/mol. The smallest absolute Gasteiger partial charge is 0.323 e.